The molecule has 27 heavy (non-hydrogen) atoms. The Hall–Kier alpha value is -1.84. The molecule has 1 heterocycles. The third kappa shape index (κ3) is 5.82. The normalized spacial score (nSPS) is 18.4. The predicted octanol–water partition coefficient (Wildman–Crippen LogP) is 5.31. The lowest BCUT2D eigenvalue weighted by atomic mass is 9.95. The summed E-state index contributed by atoms with van der Waals surface area (Å²) in [4.78, 5) is 11.3. The number of unbranched alkanes of at least 4 members (excludes halogenated alkanes) is 4. The van der Waals surface area contributed by atoms with Crippen molar-refractivity contribution >= 4 is 17.5 Å². The molecule has 1 saturated heterocycles. The Morgan fingerprint density at radius 1 is 1.00 bits per heavy atom. The van der Waals surface area contributed by atoms with Crippen LogP contribution in [0.4, 0.5) is 0 Å². The van der Waals surface area contributed by atoms with Gasteiger partial charge in [0.2, 0.25) is 5.91 Å². The number of hydrogen-bond acceptors (Lipinski definition) is 2. The van der Waals surface area contributed by atoms with Crippen molar-refractivity contribution in [2.75, 3.05) is 0 Å². The monoisotopic (exact) mass is 385 g/mol. The van der Waals surface area contributed by atoms with Gasteiger partial charge in [0.25, 0.3) is 0 Å². The van der Waals surface area contributed by atoms with E-state index in [-0.39, 0.29) is 12.0 Å². The average molecular weight is 386 g/mol. The van der Waals surface area contributed by atoms with Crippen molar-refractivity contribution in [1.82, 2.24) is 0 Å². The molecule has 0 spiro atoms. The molecular formula is C23H28ClNO2. The van der Waals surface area contributed by atoms with Gasteiger partial charge >= 0.3 is 0 Å². The lowest BCUT2D eigenvalue weighted by molar-refractivity contribution is -0.119. The van der Waals surface area contributed by atoms with E-state index in [2.05, 4.69) is 37.3 Å². The highest BCUT2D eigenvalue weighted by atomic mass is 35.5. The predicted molar refractivity (Wildman–Crippen MR) is 110 cm³/mol. The third-order valence-electron chi connectivity index (χ3n) is 5.20. The molecule has 3 nitrogen and oxygen atoms in total. The van der Waals surface area contributed by atoms with Crippen molar-refractivity contribution in [2.45, 2.75) is 64.1 Å². The lowest BCUT2D eigenvalue weighted by Gasteiger charge is -2.09. The van der Waals surface area contributed by atoms with Gasteiger partial charge in [-0.1, -0.05) is 66.8 Å². The van der Waals surface area contributed by atoms with Gasteiger partial charge in [-0.15, -0.1) is 0 Å². The van der Waals surface area contributed by atoms with Crippen LogP contribution in [0.15, 0.2) is 42.5 Å². The topological polar surface area (TPSA) is 55.6 Å². The number of rotatable bonds is 10. The van der Waals surface area contributed by atoms with Crippen LogP contribution in [-0.2, 0) is 22.4 Å². The van der Waals surface area contributed by atoms with Crippen molar-refractivity contribution in [1.29, 1.82) is 0 Å². The molecule has 0 radical (unpaired) electrons. The van der Waals surface area contributed by atoms with E-state index in [0.717, 1.165) is 29.8 Å². The van der Waals surface area contributed by atoms with Gasteiger partial charge in [-0.3, -0.25) is 4.79 Å². The van der Waals surface area contributed by atoms with E-state index in [0.29, 0.717) is 0 Å². The van der Waals surface area contributed by atoms with Crippen LogP contribution in [0.2, 0.25) is 5.02 Å². The summed E-state index contributed by atoms with van der Waals surface area (Å²) >= 11 is 5.92. The molecule has 2 atom stereocenters. The van der Waals surface area contributed by atoms with Gasteiger partial charge in [-0.25, -0.2) is 0 Å². The van der Waals surface area contributed by atoms with E-state index in [1.54, 1.807) is 0 Å². The summed E-state index contributed by atoms with van der Waals surface area (Å²) in [5, 5.41) is 0.799. The lowest BCUT2D eigenvalue weighted by Crippen LogP contribution is -2.18. The first-order chi connectivity index (χ1) is 13.0. The SMILES string of the molecule is Cc1ccc(CCCCCCCc2ccc(Cl)cc2)c(C2OC2C(N)=O)c1. The molecule has 2 aromatic carbocycles. The molecule has 0 bridgehead atoms. The van der Waals surface area contributed by atoms with Crippen molar-refractivity contribution < 1.29 is 9.53 Å². The molecule has 1 aliphatic rings. The molecule has 0 saturated carbocycles. The second-order valence-electron chi connectivity index (χ2n) is 7.48. The second-order valence-corrected chi connectivity index (χ2v) is 7.91. The standard InChI is InChI=1S/C23H28ClNO2/c1-16-9-12-18(20(15-16)21-22(27-21)23(25)26)8-6-4-2-3-5-7-17-10-13-19(24)14-11-17/h9-15,21-22H,2-8H2,1H3,(H2,25,26). The van der Waals surface area contributed by atoms with Crippen molar-refractivity contribution in [3.8, 4) is 0 Å². The van der Waals surface area contributed by atoms with Crippen LogP contribution in [0, 0.1) is 6.92 Å². The van der Waals surface area contributed by atoms with Crippen molar-refractivity contribution in [3.05, 3.63) is 69.7 Å². The zero-order valence-electron chi connectivity index (χ0n) is 15.9. The highest BCUT2D eigenvalue weighted by Crippen LogP contribution is 2.40. The first kappa shape index (κ1) is 19.9. The molecule has 4 heteroatoms. The van der Waals surface area contributed by atoms with Gasteiger partial charge < -0.3 is 10.5 Å². The maximum absolute atomic E-state index is 11.3. The van der Waals surface area contributed by atoms with Gasteiger partial charge in [0.15, 0.2) is 6.10 Å². The molecule has 1 amide bonds. The summed E-state index contributed by atoms with van der Waals surface area (Å²) in [7, 11) is 0. The van der Waals surface area contributed by atoms with E-state index in [1.165, 1.54) is 42.4 Å². The van der Waals surface area contributed by atoms with Crippen LogP contribution in [-0.4, -0.2) is 12.0 Å². The zero-order chi connectivity index (χ0) is 19.2. The van der Waals surface area contributed by atoms with Gasteiger partial charge in [0, 0.05) is 5.02 Å². The minimum Gasteiger partial charge on any atom is -0.367 e. The number of benzene rings is 2. The van der Waals surface area contributed by atoms with Crippen molar-refractivity contribution in [3.63, 3.8) is 0 Å². The Labute approximate surface area is 166 Å². The van der Waals surface area contributed by atoms with E-state index in [1.807, 2.05) is 12.1 Å². The highest BCUT2D eigenvalue weighted by molar-refractivity contribution is 6.30. The summed E-state index contributed by atoms with van der Waals surface area (Å²) in [6, 6.07) is 14.6. The van der Waals surface area contributed by atoms with Crippen LogP contribution in [0.1, 0.15) is 60.5 Å². The smallest absolute Gasteiger partial charge is 0.249 e. The number of primary amides is 1. The molecule has 3 rings (SSSR count). The molecule has 2 N–H and O–H groups in total. The number of aryl methyl sites for hydroxylation is 3. The summed E-state index contributed by atoms with van der Waals surface area (Å²) in [6.45, 7) is 2.07. The van der Waals surface area contributed by atoms with Gasteiger partial charge in [0.1, 0.15) is 6.10 Å². The number of hydrogen-bond donors (Lipinski definition) is 1. The van der Waals surface area contributed by atoms with E-state index in [4.69, 9.17) is 22.1 Å². The number of ether oxygens (including phenoxy) is 1. The maximum Gasteiger partial charge on any atom is 0.249 e. The summed E-state index contributed by atoms with van der Waals surface area (Å²) in [5.41, 5.74) is 10.3. The van der Waals surface area contributed by atoms with Crippen LogP contribution < -0.4 is 5.73 Å². The fourth-order valence-electron chi connectivity index (χ4n) is 3.60. The van der Waals surface area contributed by atoms with Crippen LogP contribution in [0.25, 0.3) is 0 Å². The average Bonchev–Trinajstić information content (AvgIpc) is 3.44. The first-order valence-electron chi connectivity index (χ1n) is 9.83. The Balaban J connectivity index is 1.38. The molecular weight excluding hydrogens is 358 g/mol. The Kier molecular flexibility index (Phi) is 6.92. The van der Waals surface area contributed by atoms with Gasteiger partial charge in [-0.05, 0) is 61.4 Å². The van der Waals surface area contributed by atoms with E-state index < -0.39 is 6.10 Å². The first-order valence-corrected chi connectivity index (χ1v) is 10.2. The summed E-state index contributed by atoms with van der Waals surface area (Å²) in [5.74, 6) is -0.367. The minimum absolute atomic E-state index is 0.142. The molecule has 0 aromatic heterocycles. The van der Waals surface area contributed by atoms with Gasteiger partial charge in [-0.2, -0.15) is 0 Å². The maximum atomic E-state index is 11.3. The Morgan fingerprint density at radius 2 is 1.67 bits per heavy atom. The quantitative estimate of drug-likeness (QED) is 0.445. The number of epoxide rings is 1. The number of carbonyl (C=O) groups is 1. The highest BCUT2D eigenvalue weighted by Gasteiger charge is 2.45. The van der Waals surface area contributed by atoms with Crippen LogP contribution in [0.3, 0.4) is 0 Å². The fraction of sp³-hybridized carbons (Fsp3) is 0.435. The number of carbonyl (C=O) groups excluding carboxylic acids is 1. The van der Waals surface area contributed by atoms with E-state index in [9.17, 15) is 4.79 Å². The van der Waals surface area contributed by atoms with Gasteiger partial charge in [0.05, 0.1) is 0 Å². The second kappa shape index (κ2) is 9.38. The third-order valence-corrected chi connectivity index (χ3v) is 5.46. The number of nitrogens with two attached hydrogens (primary N) is 1. The molecule has 2 aromatic rings. The Bertz CT molecular complexity index is 772. The zero-order valence-corrected chi connectivity index (χ0v) is 16.7. The minimum atomic E-state index is -0.446. The van der Waals surface area contributed by atoms with Crippen LogP contribution in [0.5, 0.6) is 0 Å². The molecule has 144 valence electrons. The molecule has 2 unspecified atom stereocenters. The van der Waals surface area contributed by atoms with Crippen LogP contribution >= 0.6 is 11.6 Å². The summed E-state index contributed by atoms with van der Waals surface area (Å²) in [6.07, 6.45) is 7.65. The van der Waals surface area contributed by atoms with E-state index >= 15 is 0 Å². The number of amides is 1. The molecule has 0 aliphatic carbocycles. The Morgan fingerprint density at radius 3 is 2.33 bits per heavy atom. The van der Waals surface area contributed by atoms with Crippen molar-refractivity contribution in [2.24, 2.45) is 5.73 Å². The fourth-order valence-corrected chi connectivity index (χ4v) is 3.72. The largest absolute Gasteiger partial charge is 0.367 e. The molecule has 1 fully saturated rings. The summed E-state index contributed by atoms with van der Waals surface area (Å²) < 4.78 is 5.49. The number of halogens is 1. The molecule has 1 aliphatic heterocycles.